The molecular weight excluding hydrogens is 301 g/mol. The zero-order valence-electron chi connectivity index (χ0n) is 15.5. The maximum Gasteiger partial charge on any atom is 0.495 e. The largest absolute Gasteiger partial charge is 0.495 e. The Morgan fingerprint density at radius 2 is 1.62 bits per heavy atom. The maximum absolute atomic E-state index is 12.7. The van der Waals surface area contributed by atoms with Crippen molar-refractivity contribution >= 4 is 18.5 Å². The van der Waals surface area contributed by atoms with Gasteiger partial charge < -0.3 is 14.2 Å². The van der Waals surface area contributed by atoms with Gasteiger partial charge in [0.25, 0.3) is 5.91 Å². The molecule has 1 aromatic rings. The number of rotatable bonds is 2. The molecular formula is C19H28BNO3. The van der Waals surface area contributed by atoms with E-state index in [0.717, 1.165) is 42.5 Å². The molecule has 4 nitrogen and oxygen atoms in total. The van der Waals surface area contributed by atoms with Crippen LogP contribution in [0.4, 0.5) is 0 Å². The molecule has 0 atom stereocenters. The Bertz CT molecular complexity index is 619. The molecule has 130 valence electrons. The van der Waals surface area contributed by atoms with Gasteiger partial charge in [0.1, 0.15) is 0 Å². The predicted molar refractivity (Wildman–Crippen MR) is 96.6 cm³/mol. The van der Waals surface area contributed by atoms with Crippen molar-refractivity contribution in [1.29, 1.82) is 0 Å². The molecule has 0 unspecified atom stereocenters. The van der Waals surface area contributed by atoms with Crippen LogP contribution < -0.4 is 5.46 Å². The summed E-state index contributed by atoms with van der Waals surface area (Å²) in [6.07, 6.45) is 3.44. The summed E-state index contributed by atoms with van der Waals surface area (Å²) in [6, 6.07) is 5.86. The van der Waals surface area contributed by atoms with Crippen LogP contribution in [-0.2, 0) is 9.31 Å². The van der Waals surface area contributed by atoms with Gasteiger partial charge in [0, 0.05) is 18.7 Å². The van der Waals surface area contributed by atoms with Crippen molar-refractivity contribution in [3.8, 4) is 0 Å². The average Bonchev–Trinajstić information content (AvgIpc) is 2.75. The average molecular weight is 329 g/mol. The molecule has 2 saturated heterocycles. The van der Waals surface area contributed by atoms with Gasteiger partial charge in [-0.2, -0.15) is 0 Å². The van der Waals surface area contributed by atoms with Crippen molar-refractivity contribution in [3.63, 3.8) is 0 Å². The minimum absolute atomic E-state index is 0.137. The standard InChI is InChI=1S/C19H28BNO3/c1-14-13-15(17(22)21-11-7-6-8-12-21)9-10-16(14)20-23-18(2,3)19(4,5)24-20/h9-10,13H,6-8,11-12H2,1-5H3. The molecule has 1 aromatic carbocycles. The minimum Gasteiger partial charge on any atom is -0.399 e. The van der Waals surface area contributed by atoms with E-state index in [1.165, 1.54) is 6.42 Å². The monoisotopic (exact) mass is 329 g/mol. The number of carbonyl (C=O) groups excluding carboxylic acids is 1. The van der Waals surface area contributed by atoms with Gasteiger partial charge in [-0.1, -0.05) is 11.6 Å². The lowest BCUT2D eigenvalue weighted by Gasteiger charge is -2.32. The Balaban J connectivity index is 1.79. The SMILES string of the molecule is Cc1cc(C(=O)N2CCCCC2)ccc1B1OC(C)(C)C(C)(C)O1. The third-order valence-corrected chi connectivity index (χ3v) is 5.67. The van der Waals surface area contributed by atoms with E-state index in [1.54, 1.807) is 0 Å². The second-order valence-electron chi connectivity index (χ2n) is 8.01. The molecule has 2 aliphatic heterocycles. The highest BCUT2D eigenvalue weighted by Gasteiger charge is 2.52. The van der Waals surface area contributed by atoms with Crippen LogP contribution in [0.5, 0.6) is 0 Å². The lowest BCUT2D eigenvalue weighted by molar-refractivity contribution is 0.00578. The maximum atomic E-state index is 12.7. The van der Waals surface area contributed by atoms with Crippen LogP contribution in [0, 0.1) is 6.92 Å². The number of piperidine rings is 1. The highest BCUT2D eigenvalue weighted by Crippen LogP contribution is 2.36. The predicted octanol–water partition coefficient (Wildman–Crippen LogP) is 2.92. The summed E-state index contributed by atoms with van der Waals surface area (Å²) in [5.74, 6) is 0.137. The van der Waals surface area contributed by atoms with E-state index in [1.807, 2.05) is 30.0 Å². The molecule has 0 bridgehead atoms. The summed E-state index contributed by atoms with van der Waals surface area (Å²) in [5, 5.41) is 0. The molecule has 5 heteroatoms. The first-order valence-corrected chi connectivity index (χ1v) is 8.97. The Morgan fingerprint density at radius 3 is 2.17 bits per heavy atom. The number of carbonyl (C=O) groups is 1. The van der Waals surface area contributed by atoms with Crippen LogP contribution >= 0.6 is 0 Å². The van der Waals surface area contributed by atoms with Gasteiger partial charge in [0.2, 0.25) is 0 Å². The molecule has 2 fully saturated rings. The van der Waals surface area contributed by atoms with Gasteiger partial charge in [-0.15, -0.1) is 0 Å². The van der Waals surface area contributed by atoms with Crippen molar-refractivity contribution in [2.75, 3.05) is 13.1 Å². The molecule has 24 heavy (non-hydrogen) atoms. The first kappa shape index (κ1) is 17.5. The zero-order valence-corrected chi connectivity index (χ0v) is 15.5. The summed E-state index contributed by atoms with van der Waals surface area (Å²) in [4.78, 5) is 14.6. The molecule has 1 amide bonds. The highest BCUT2D eigenvalue weighted by molar-refractivity contribution is 6.62. The molecule has 2 aliphatic rings. The van der Waals surface area contributed by atoms with Crippen LogP contribution in [0.2, 0.25) is 0 Å². The molecule has 0 aliphatic carbocycles. The van der Waals surface area contributed by atoms with Gasteiger partial charge in [-0.05, 0) is 71.5 Å². The molecule has 2 heterocycles. The normalized spacial score (nSPS) is 22.7. The Kier molecular flexibility index (Phi) is 4.52. The van der Waals surface area contributed by atoms with Crippen molar-refractivity contribution in [2.24, 2.45) is 0 Å². The number of likely N-dealkylation sites (tertiary alicyclic amines) is 1. The summed E-state index contributed by atoms with van der Waals surface area (Å²) in [7, 11) is -0.380. The topological polar surface area (TPSA) is 38.8 Å². The van der Waals surface area contributed by atoms with E-state index >= 15 is 0 Å². The summed E-state index contributed by atoms with van der Waals surface area (Å²) < 4.78 is 12.3. The first-order chi connectivity index (χ1) is 11.2. The fourth-order valence-corrected chi connectivity index (χ4v) is 3.32. The van der Waals surface area contributed by atoms with Crippen LogP contribution in [0.15, 0.2) is 18.2 Å². The van der Waals surface area contributed by atoms with Crippen LogP contribution in [0.3, 0.4) is 0 Å². The van der Waals surface area contributed by atoms with E-state index in [0.29, 0.717) is 0 Å². The van der Waals surface area contributed by atoms with E-state index in [2.05, 4.69) is 27.7 Å². The van der Waals surface area contributed by atoms with Gasteiger partial charge in [-0.25, -0.2) is 0 Å². The third kappa shape index (κ3) is 3.12. The van der Waals surface area contributed by atoms with Gasteiger partial charge in [-0.3, -0.25) is 4.79 Å². The van der Waals surface area contributed by atoms with Crippen LogP contribution in [-0.4, -0.2) is 42.2 Å². The zero-order chi connectivity index (χ0) is 17.5. The smallest absolute Gasteiger partial charge is 0.399 e. The van der Waals surface area contributed by atoms with E-state index < -0.39 is 0 Å². The number of hydrogen-bond donors (Lipinski definition) is 0. The molecule has 3 rings (SSSR count). The summed E-state index contributed by atoms with van der Waals surface area (Å²) >= 11 is 0. The van der Waals surface area contributed by atoms with Crippen LogP contribution in [0.1, 0.15) is 62.9 Å². The lowest BCUT2D eigenvalue weighted by atomic mass is 9.76. The summed E-state index contributed by atoms with van der Waals surface area (Å²) in [5.41, 5.74) is 2.09. The highest BCUT2D eigenvalue weighted by atomic mass is 16.7. The fraction of sp³-hybridized carbons (Fsp3) is 0.632. The minimum atomic E-state index is -0.380. The van der Waals surface area contributed by atoms with Crippen molar-refractivity contribution in [2.45, 2.75) is 65.1 Å². The number of nitrogens with zero attached hydrogens (tertiary/aromatic N) is 1. The second kappa shape index (κ2) is 6.19. The quantitative estimate of drug-likeness (QED) is 0.783. The number of hydrogen-bond acceptors (Lipinski definition) is 3. The molecule has 0 saturated carbocycles. The van der Waals surface area contributed by atoms with E-state index in [9.17, 15) is 4.79 Å². The van der Waals surface area contributed by atoms with E-state index in [4.69, 9.17) is 9.31 Å². The van der Waals surface area contributed by atoms with Gasteiger partial charge >= 0.3 is 7.12 Å². The Hall–Kier alpha value is -1.33. The van der Waals surface area contributed by atoms with Gasteiger partial charge in [0.05, 0.1) is 11.2 Å². The summed E-state index contributed by atoms with van der Waals surface area (Å²) in [6.45, 7) is 12.0. The van der Waals surface area contributed by atoms with Crippen molar-refractivity contribution in [1.82, 2.24) is 4.90 Å². The number of amides is 1. The first-order valence-electron chi connectivity index (χ1n) is 8.97. The van der Waals surface area contributed by atoms with Crippen molar-refractivity contribution < 1.29 is 14.1 Å². The lowest BCUT2D eigenvalue weighted by Crippen LogP contribution is -2.41. The molecule has 0 radical (unpaired) electrons. The fourth-order valence-electron chi connectivity index (χ4n) is 3.32. The molecule has 0 aromatic heterocycles. The Morgan fingerprint density at radius 1 is 1.04 bits per heavy atom. The molecule has 0 N–H and O–H groups in total. The number of benzene rings is 1. The van der Waals surface area contributed by atoms with Crippen molar-refractivity contribution in [3.05, 3.63) is 29.3 Å². The van der Waals surface area contributed by atoms with E-state index in [-0.39, 0.29) is 24.2 Å². The second-order valence-corrected chi connectivity index (χ2v) is 8.01. The molecule has 0 spiro atoms. The third-order valence-electron chi connectivity index (χ3n) is 5.67. The van der Waals surface area contributed by atoms with Gasteiger partial charge in [0.15, 0.2) is 0 Å². The number of aryl methyl sites for hydroxylation is 1. The Labute approximate surface area is 145 Å². The van der Waals surface area contributed by atoms with Crippen LogP contribution in [0.25, 0.3) is 0 Å².